The van der Waals surface area contributed by atoms with Crippen LogP contribution in [0.5, 0.6) is 0 Å². The number of halogens is 7. The van der Waals surface area contributed by atoms with E-state index >= 15 is 0 Å². The highest BCUT2D eigenvalue weighted by molar-refractivity contribution is 5.85. The van der Waals surface area contributed by atoms with Crippen LogP contribution >= 0.6 is 12.4 Å². The van der Waals surface area contributed by atoms with Gasteiger partial charge in [-0.2, -0.15) is 36.5 Å². The van der Waals surface area contributed by atoms with Crippen LogP contribution in [0.25, 0.3) is 0 Å². The van der Waals surface area contributed by atoms with E-state index in [0.717, 1.165) is 36.7 Å². The molecule has 0 spiro atoms. The molecule has 2 rings (SSSR count). The first-order valence-electron chi connectivity index (χ1n) is 7.56. The summed E-state index contributed by atoms with van der Waals surface area (Å²) in [5, 5.41) is 10.6. The zero-order valence-corrected chi connectivity index (χ0v) is 15.2. The summed E-state index contributed by atoms with van der Waals surface area (Å²) in [7, 11) is 0. The van der Waals surface area contributed by atoms with Crippen LogP contribution in [0.15, 0.2) is 63.8 Å². The van der Waals surface area contributed by atoms with E-state index in [4.69, 9.17) is 5.73 Å². The monoisotopic (exact) mass is 437 g/mol. The quantitative estimate of drug-likeness (QED) is 0.321. The molecule has 0 unspecified atom stereocenters. The van der Waals surface area contributed by atoms with Gasteiger partial charge in [0.25, 0.3) is 0 Å². The standard InChI is InChI=1S/C17H13F6N5.ClH/c18-16(19,20)13-5-1-3-11(7-13)9-25-27-15(24)28-26-10-12-4-2-6-14(8-12)17(21,22)23;/h1-10H,(H3,24,27,28);1H. The molecule has 29 heavy (non-hydrogen) atoms. The highest BCUT2D eigenvalue weighted by Crippen LogP contribution is 2.30. The second-order valence-corrected chi connectivity index (χ2v) is 5.35. The largest absolute Gasteiger partial charge is 0.416 e. The Kier molecular flexibility index (Phi) is 8.19. The van der Waals surface area contributed by atoms with Gasteiger partial charge < -0.3 is 5.73 Å². The molecule has 3 N–H and O–H groups in total. The number of hydrogen-bond donors (Lipinski definition) is 2. The van der Waals surface area contributed by atoms with Gasteiger partial charge in [0.05, 0.1) is 23.6 Å². The van der Waals surface area contributed by atoms with E-state index in [-0.39, 0.29) is 29.5 Å². The Labute approximate surface area is 167 Å². The Balaban J connectivity index is 0.00000420. The van der Waals surface area contributed by atoms with Crippen molar-refractivity contribution in [3.05, 3.63) is 70.8 Å². The lowest BCUT2D eigenvalue weighted by atomic mass is 10.1. The molecule has 0 aliphatic carbocycles. The molecule has 0 saturated heterocycles. The Bertz CT molecular complexity index is 906. The fourth-order valence-electron chi connectivity index (χ4n) is 1.94. The van der Waals surface area contributed by atoms with E-state index in [2.05, 4.69) is 20.7 Å². The molecule has 0 bridgehead atoms. The third-order valence-corrected chi connectivity index (χ3v) is 3.19. The van der Waals surface area contributed by atoms with Gasteiger partial charge in [-0.1, -0.05) is 24.3 Å². The Hall–Kier alpha value is -3.08. The molecule has 0 heterocycles. The lowest BCUT2D eigenvalue weighted by molar-refractivity contribution is -0.138. The van der Waals surface area contributed by atoms with Crippen molar-refractivity contribution in [2.75, 3.05) is 0 Å². The fourth-order valence-corrected chi connectivity index (χ4v) is 1.94. The van der Waals surface area contributed by atoms with E-state index in [1.165, 1.54) is 24.3 Å². The molecule has 0 atom stereocenters. The van der Waals surface area contributed by atoms with Crippen LogP contribution < -0.4 is 11.2 Å². The van der Waals surface area contributed by atoms with Gasteiger partial charge in [0, 0.05) is 0 Å². The molecular formula is C17H14ClF6N5. The van der Waals surface area contributed by atoms with Crippen LogP contribution in [0, 0.1) is 0 Å². The van der Waals surface area contributed by atoms with E-state index < -0.39 is 23.5 Å². The first-order chi connectivity index (χ1) is 13.1. The average molecular weight is 438 g/mol. The SMILES string of the molecule is Cl.NC(=NN=Cc1cccc(C(F)(F)F)c1)NN=Cc1cccc(C(F)(F)F)c1. The van der Waals surface area contributed by atoms with Gasteiger partial charge in [0.2, 0.25) is 5.96 Å². The van der Waals surface area contributed by atoms with Crippen LogP contribution in [0.2, 0.25) is 0 Å². The maximum atomic E-state index is 12.6. The molecule has 2 aromatic rings. The number of alkyl halides is 6. The lowest BCUT2D eigenvalue weighted by Crippen LogP contribution is -2.26. The third kappa shape index (κ3) is 7.82. The van der Waals surface area contributed by atoms with Crippen LogP contribution in [0.1, 0.15) is 22.3 Å². The predicted octanol–water partition coefficient (Wildman–Crippen LogP) is 4.42. The summed E-state index contributed by atoms with van der Waals surface area (Å²) in [4.78, 5) is 0. The first-order valence-corrected chi connectivity index (χ1v) is 7.56. The minimum Gasteiger partial charge on any atom is -0.367 e. The summed E-state index contributed by atoms with van der Waals surface area (Å²) in [5.74, 6) is -0.313. The van der Waals surface area contributed by atoms with E-state index in [9.17, 15) is 26.3 Å². The zero-order chi connectivity index (χ0) is 20.8. The molecular weight excluding hydrogens is 424 g/mol. The van der Waals surface area contributed by atoms with E-state index in [1.54, 1.807) is 0 Å². The van der Waals surface area contributed by atoms with Gasteiger partial charge in [0.15, 0.2) is 0 Å². The van der Waals surface area contributed by atoms with Crippen molar-refractivity contribution in [1.82, 2.24) is 5.43 Å². The van der Waals surface area contributed by atoms with Crippen molar-refractivity contribution in [2.24, 2.45) is 21.0 Å². The number of hydrogen-bond acceptors (Lipinski definition) is 3. The average Bonchev–Trinajstić information content (AvgIpc) is 2.61. The molecule has 0 saturated carbocycles. The maximum absolute atomic E-state index is 12.6. The fraction of sp³-hybridized carbons (Fsp3) is 0.118. The molecule has 5 nitrogen and oxygen atoms in total. The summed E-state index contributed by atoms with van der Waals surface area (Å²) in [6, 6.07) is 8.85. The number of guanidine groups is 1. The molecule has 0 aliphatic rings. The normalized spacial score (nSPS) is 13.0. The molecule has 0 amide bonds. The van der Waals surface area contributed by atoms with Crippen molar-refractivity contribution in [3.8, 4) is 0 Å². The minimum atomic E-state index is -4.48. The van der Waals surface area contributed by atoms with Gasteiger partial charge in [-0.25, -0.2) is 5.43 Å². The molecule has 0 fully saturated rings. The molecule has 12 heteroatoms. The summed E-state index contributed by atoms with van der Waals surface area (Å²) >= 11 is 0. The first kappa shape index (κ1) is 24.0. The zero-order valence-electron chi connectivity index (χ0n) is 14.4. The highest BCUT2D eigenvalue weighted by atomic mass is 35.5. The summed E-state index contributed by atoms with van der Waals surface area (Å²) < 4.78 is 75.7. The number of hydrazone groups is 1. The van der Waals surface area contributed by atoms with Crippen LogP contribution in [0.3, 0.4) is 0 Å². The van der Waals surface area contributed by atoms with Crippen molar-refractivity contribution in [2.45, 2.75) is 12.4 Å². The molecule has 156 valence electrons. The van der Waals surface area contributed by atoms with E-state index in [1.807, 2.05) is 0 Å². The van der Waals surface area contributed by atoms with Gasteiger partial charge in [-0.15, -0.1) is 17.5 Å². The Morgan fingerprint density at radius 3 is 1.79 bits per heavy atom. The van der Waals surface area contributed by atoms with Gasteiger partial charge in [0.1, 0.15) is 0 Å². The second-order valence-electron chi connectivity index (χ2n) is 5.35. The van der Waals surface area contributed by atoms with Crippen molar-refractivity contribution in [3.63, 3.8) is 0 Å². The van der Waals surface area contributed by atoms with Crippen molar-refractivity contribution < 1.29 is 26.3 Å². The second kappa shape index (κ2) is 9.92. The summed E-state index contributed by atoms with van der Waals surface area (Å²) in [5.41, 5.74) is 6.34. The van der Waals surface area contributed by atoms with Crippen molar-refractivity contribution >= 4 is 30.8 Å². The smallest absolute Gasteiger partial charge is 0.367 e. The molecule has 0 aliphatic heterocycles. The third-order valence-electron chi connectivity index (χ3n) is 3.19. The number of benzene rings is 2. The summed E-state index contributed by atoms with van der Waals surface area (Å²) in [6.07, 6.45) is -6.81. The predicted molar refractivity (Wildman–Crippen MR) is 100 cm³/mol. The molecule has 0 aromatic heterocycles. The number of nitrogens with one attached hydrogen (secondary N) is 1. The number of rotatable bonds is 4. The van der Waals surface area contributed by atoms with Crippen LogP contribution in [0.4, 0.5) is 26.3 Å². The van der Waals surface area contributed by atoms with Crippen LogP contribution in [-0.4, -0.2) is 18.4 Å². The van der Waals surface area contributed by atoms with Gasteiger partial charge in [-0.3, -0.25) is 0 Å². The Morgan fingerprint density at radius 2 is 1.31 bits per heavy atom. The van der Waals surface area contributed by atoms with Gasteiger partial charge >= 0.3 is 12.4 Å². The minimum absolute atomic E-state index is 0. The van der Waals surface area contributed by atoms with Crippen LogP contribution in [-0.2, 0) is 12.4 Å². The van der Waals surface area contributed by atoms with Crippen molar-refractivity contribution in [1.29, 1.82) is 0 Å². The number of nitrogens with two attached hydrogens (primary N) is 1. The molecule has 2 aromatic carbocycles. The van der Waals surface area contributed by atoms with Gasteiger partial charge in [-0.05, 0) is 35.4 Å². The number of nitrogens with zero attached hydrogens (tertiary/aromatic N) is 3. The summed E-state index contributed by atoms with van der Waals surface area (Å²) in [6.45, 7) is 0. The maximum Gasteiger partial charge on any atom is 0.416 e. The topological polar surface area (TPSA) is 75.1 Å². The highest BCUT2D eigenvalue weighted by Gasteiger charge is 2.30. The lowest BCUT2D eigenvalue weighted by Gasteiger charge is -2.06. The molecule has 0 radical (unpaired) electrons. The Morgan fingerprint density at radius 1 is 0.828 bits per heavy atom. The van der Waals surface area contributed by atoms with E-state index in [0.29, 0.717) is 0 Å².